The van der Waals surface area contributed by atoms with Crippen molar-refractivity contribution in [3.05, 3.63) is 17.6 Å². The van der Waals surface area contributed by atoms with E-state index < -0.39 is 0 Å². The number of aryl methyl sites for hydroxylation is 1. The summed E-state index contributed by atoms with van der Waals surface area (Å²) >= 11 is 0. The second kappa shape index (κ2) is 4.17. The lowest BCUT2D eigenvalue weighted by Gasteiger charge is -2.21. The van der Waals surface area contributed by atoms with Crippen LogP contribution in [-0.4, -0.2) is 24.1 Å². The molecular weight excluding hydrogens is 186 g/mol. The summed E-state index contributed by atoms with van der Waals surface area (Å²) in [5.41, 5.74) is 1.21. The Hall–Kier alpha value is -1.12. The van der Waals surface area contributed by atoms with Gasteiger partial charge in [-0.3, -0.25) is 0 Å². The van der Waals surface area contributed by atoms with Gasteiger partial charge in [-0.1, -0.05) is 27.7 Å². The lowest BCUT2D eigenvalue weighted by Crippen LogP contribution is -2.20. The molecule has 1 rings (SSSR count). The highest BCUT2D eigenvalue weighted by atomic mass is 15.2. The number of hydrogen-bond donors (Lipinski definition) is 0. The van der Waals surface area contributed by atoms with Gasteiger partial charge in [0.2, 0.25) is 0 Å². The van der Waals surface area contributed by atoms with E-state index in [9.17, 15) is 0 Å². The fourth-order valence-corrected chi connectivity index (χ4v) is 1.40. The zero-order valence-corrected chi connectivity index (χ0v) is 10.6. The van der Waals surface area contributed by atoms with Crippen molar-refractivity contribution in [1.82, 2.24) is 9.97 Å². The van der Waals surface area contributed by atoms with Crippen LogP contribution in [0.5, 0.6) is 0 Å². The highest BCUT2D eigenvalue weighted by Crippen LogP contribution is 2.22. The van der Waals surface area contributed by atoms with Gasteiger partial charge in [0.1, 0.15) is 11.6 Å². The molecule has 0 N–H and O–H groups in total. The van der Waals surface area contributed by atoms with Crippen molar-refractivity contribution in [2.45, 2.75) is 39.5 Å². The molecule has 0 atom stereocenters. The number of anilines is 1. The molecule has 3 nitrogen and oxygen atoms in total. The van der Waals surface area contributed by atoms with Gasteiger partial charge < -0.3 is 4.90 Å². The minimum absolute atomic E-state index is 0.0109. The van der Waals surface area contributed by atoms with Crippen molar-refractivity contribution in [3.63, 3.8) is 0 Å². The van der Waals surface area contributed by atoms with Gasteiger partial charge >= 0.3 is 0 Å². The van der Waals surface area contributed by atoms with Crippen molar-refractivity contribution in [3.8, 4) is 0 Å². The Morgan fingerprint density at radius 1 is 1.27 bits per heavy atom. The zero-order valence-electron chi connectivity index (χ0n) is 10.6. The smallest absolute Gasteiger partial charge is 0.136 e. The first-order valence-corrected chi connectivity index (χ1v) is 5.40. The van der Waals surface area contributed by atoms with Crippen LogP contribution in [-0.2, 0) is 11.8 Å². The first-order chi connectivity index (χ1) is 6.86. The number of aromatic nitrogens is 2. The second-order valence-electron chi connectivity index (χ2n) is 5.04. The molecule has 0 spiro atoms. The molecule has 0 unspecified atom stereocenters. The van der Waals surface area contributed by atoms with Crippen molar-refractivity contribution in [1.29, 1.82) is 0 Å². The highest BCUT2D eigenvalue weighted by molar-refractivity contribution is 5.44. The molecule has 0 fully saturated rings. The maximum absolute atomic E-state index is 4.63. The average molecular weight is 207 g/mol. The van der Waals surface area contributed by atoms with Gasteiger partial charge in [-0.25, -0.2) is 9.97 Å². The van der Waals surface area contributed by atoms with Crippen molar-refractivity contribution >= 4 is 5.82 Å². The maximum Gasteiger partial charge on any atom is 0.136 e. The quantitative estimate of drug-likeness (QED) is 0.745. The molecule has 0 amide bonds. The van der Waals surface area contributed by atoms with Gasteiger partial charge in [0.15, 0.2) is 0 Å². The van der Waals surface area contributed by atoms with Crippen LogP contribution >= 0.6 is 0 Å². The molecule has 0 aliphatic carbocycles. The number of hydrogen-bond acceptors (Lipinski definition) is 3. The van der Waals surface area contributed by atoms with Gasteiger partial charge in [0, 0.05) is 31.3 Å². The van der Waals surface area contributed by atoms with E-state index in [1.54, 1.807) is 0 Å². The standard InChI is InChI=1S/C12H21N3/c1-7-9-8-13-11(12(2,3)4)14-10(9)15(5)6/h8H,7H2,1-6H3. The summed E-state index contributed by atoms with van der Waals surface area (Å²) in [7, 11) is 4.04. The third-order valence-corrected chi connectivity index (χ3v) is 2.32. The molecule has 0 aliphatic heterocycles. The van der Waals surface area contributed by atoms with Crippen molar-refractivity contribution in [2.75, 3.05) is 19.0 Å². The van der Waals surface area contributed by atoms with Crippen molar-refractivity contribution in [2.24, 2.45) is 0 Å². The first kappa shape index (κ1) is 12.0. The Labute approximate surface area is 92.6 Å². The van der Waals surface area contributed by atoms with Crippen LogP contribution in [0.25, 0.3) is 0 Å². The van der Waals surface area contributed by atoms with E-state index in [2.05, 4.69) is 42.6 Å². The third kappa shape index (κ3) is 2.67. The fourth-order valence-electron chi connectivity index (χ4n) is 1.40. The maximum atomic E-state index is 4.63. The molecular formula is C12H21N3. The van der Waals surface area contributed by atoms with Crippen LogP contribution in [0.1, 0.15) is 39.1 Å². The summed E-state index contributed by atoms with van der Waals surface area (Å²) < 4.78 is 0. The predicted octanol–water partition coefficient (Wildman–Crippen LogP) is 2.40. The summed E-state index contributed by atoms with van der Waals surface area (Å²) in [5.74, 6) is 1.95. The largest absolute Gasteiger partial charge is 0.362 e. The molecule has 1 aromatic rings. The number of rotatable bonds is 2. The monoisotopic (exact) mass is 207 g/mol. The average Bonchev–Trinajstić information content (AvgIpc) is 2.15. The lowest BCUT2D eigenvalue weighted by atomic mass is 9.95. The zero-order chi connectivity index (χ0) is 11.6. The normalized spacial score (nSPS) is 11.6. The summed E-state index contributed by atoms with van der Waals surface area (Å²) in [6.45, 7) is 8.52. The minimum atomic E-state index is 0.0109. The fraction of sp³-hybridized carbons (Fsp3) is 0.667. The lowest BCUT2D eigenvalue weighted by molar-refractivity contribution is 0.544. The Morgan fingerprint density at radius 2 is 1.87 bits per heavy atom. The van der Waals surface area contributed by atoms with Gasteiger partial charge in [0.25, 0.3) is 0 Å². The van der Waals surface area contributed by atoms with Crippen LogP contribution < -0.4 is 4.90 Å². The Balaban J connectivity index is 3.22. The van der Waals surface area contributed by atoms with E-state index >= 15 is 0 Å². The second-order valence-corrected chi connectivity index (χ2v) is 5.04. The van der Waals surface area contributed by atoms with Crippen molar-refractivity contribution < 1.29 is 0 Å². The van der Waals surface area contributed by atoms with Crippen LogP contribution in [0.3, 0.4) is 0 Å². The molecule has 15 heavy (non-hydrogen) atoms. The third-order valence-electron chi connectivity index (χ3n) is 2.32. The molecule has 84 valence electrons. The summed E-state index contributed by atoms with van der Waals surface area (Å²) in [6.07, 6.45) is 2.92. The Kier molecular flexibility index (Phi) is 3.32. The van der Waals surface area contributed by atoms with Gasteiger partial charge in [0.05, 0.1) is 0 Å². The SMILES string of the molecule is CCc1cnc(C(C)(C)C)nc1N(C)C. The molecule has 0 saturated heterocycles. The Morgan fingerprint density at radius 3 is 2.27 bits per heavy atom. The molecule has 0 bridgehead atoms. The van der Waals surface area contributed by atoms with E-state index in [0.717, 1.165) is 18.1 Å². The summed E-state index contributed by atoms with van der Waals surface area (Å²) in [4.78, 5) is 11.1. The van der Waals surface area contributed by atoms with E-state index in [-0.39, 0.29) is 5.41 Å². The Bertz CT molecular complexity index is 337. The number of nitrogens with zero attached hydrogens (tertiary/aromatic N) is 3. The van der Waals surface area contributed by atoms with Crippen LogP contribution in [0.15, 0.2) is 6.20 Å². The van der Waals surface area contributed by atoms with Crippen LogP contribution in [0.4, 0.5) is 5.82 Å². The van der Waals surface area contributed by atoms with Gasteiger partial charge in [-0.15, -0.1) is 0 Å². The summed E-state index contributed by atoms with van der Waals surface area (Å²) in [5, 5.41) is 0. The van der Waals surface area contributed by atoms with Gasteiger partial charge in [-0.2, -0.15) is 0 Å². The summed E-state index contributed by atoms with van der Waals surface area (Å²) in [6, 6.07) is 0. The minimum Gasteiger partial charge on any atom is -0.362 e. The molecule has 0 aliphatic rings. The van der Waals surface area contributed by atoms with E-state index in [1.807, 2.05) is 20.3 Å². The van der Waals surface area contributed by atoms with E-state index in [1.165, 1.54) is 5.56 Å². The molecule has 3 heteroatoms. The topological polar surface area (TPSA) is 29.0 Å². The molecule has 0 aromatic carbocycles. The molecule has 1 heterocycles. The molecule has 0 radical (unpaired) electrons. The highest BCUT2D eigenvalue weighted by Gasteiger charge is 2.19. The van der Waals surface area contributed by atoms with Gasteiger partial charge in [-0.05, 0) is 6.42 Å². The van der Waals surface area contributed by atoms with E-state index in [0.29, 0.717) is 0 Å². The van der Waals surface area contributed by atoms with Crippen LogP contribution in [0.2, 0.25) is 0 Å². The molecule has 0 saturated carbocycles. The molecule has 1 aromatic heterocycles. The first-order valence-electron chi connectivity index (χ1n) is 5.40. The predicted molar refractivity (Wildman–Crippen MR) is 64.4 cm³/mol. The van der Waals surface area contributed by atoms with E-state index in [4.69, 9.17) is 0 Å². The van der Waals surface area contributed by atoms with Crippen LogP contribution in [0, 0.1) is 0 Å².